The first-order valence-electron chi connectivity index (χ1n) is 6.81. The van der Waals surface area contributed by atoms with Crippen LogP contribution in [0.3, 0.4) is 0 Å². The van der Waals surface area contributed by atoms with Gasteiger partial charge in [-0.05, 0) is 33.3 Å². The van der Waals surface area contributed by atoms with Crippen LogP contribution in [0, 0.1) is 0 Å². The third-order valence-corrected chi connectivity index (χ3v) is 3.94. The number of rotatable bonds is 3. The van der Waals surface area contributed by atoms with Crippen LogP contribution < -0.4 is 0 Å². The number of carbonyl (C=O) groups excluding carboxylic acids is 1. The Hall–Kier alpha value is -1.33. The van der Waals surface area contributed by atoms with Crippen molar-refractivity contribution in [3.63, 3.8) is 0 Å². The van der Waals surface area contributed by atoms with Gasteiger partial charge in [0.15, 0.2) is 6.00 Å². The molecule has 1 aliphatic rings. The van der Waals surface area contributed by atoms with Crippen LogP contribution in [-0.4, -0.2) is 24.3 Å². The fraction of sp³-hybridized carbons (Fsp3) is 0.533. The Kier molecular flexibility index (Phi) is 3.94. The van der Waals surface area contributed by atoms with Gasteiger partial charge in [0.25, 0.3) is 0 Å². The second-order valence-electron chi connectivity index (χ2n) is 6.07. The van der Waals surface area contributed by atoms with Crippen LogP contribution in [0.5, 0.6) is 0 Å². The Morgan fingerprint density at radius 3 is 2.05 bits per heavy atom. The van der Waals surface area contributed by atoms with Gasteiger partial charge >= 0.3 is 13.1 Å². The van der Waals surface area contributed by atoms with Crippen LogP contribution in [0.4, 0.5) is 0 Å². The molecule has 4 nitrogen and oxygen atoms in total. The zero-order valence-corrected chi connectivity index (χ0v) is 12.7. The van der Waals surface area contributed by atoms with Gasteiger partial charge in [-0.1, -0.05) is 30.3 Å². The van der Waals surface area contributed by atoms with Gasteiger partial charge in [0.1, 0.15) is 0 Å². The molecule has 1 aliphatic heterocycles. The number of esters is 1. The molecule has 1 aromatic rings. The summed E-state index contributed by atoms with van der Waals surface area (Å²) in [5, 5.41) is 0. The molecule has 1 aromatic carbocycles. The molecule has 1 heterocycles. The van der Waals surface area contributed by atoms with Crippen molar-refractivity contribution in [2.24, 2.45) is 0 Å². The van der Waals surface area contributed by atoms with Crippen molar-refractivity contribution in [3.8, 4) is 0 Å². The number of hydrogen-bond acceptors (Lipinski definition) is 4. The van der Waals surface area contributed by atoms with E-state index in [4.69, 9.17) is 14.0 Å². The molecule has 5 heteroatoms. The van der Waals surface area contributed by atoms with Crippen molar-refractivity contribution in [1.29, 1.82) is 0 Å². The first kappa shape index (κ1) is 15.1. The molecule has 0 saturated carbocycles. The van der Waals surface area contributed by atoms with Crippen LogP contribution in [0.1, 0.15) is 46.2 Å². The molecule has 0 amide bonds. The molecule has 1 fully saturated rings. The maximum absolute atomic E-state index is 11.4. The second kappa shape index (κ2) is 5.22. The quantitative estimate of drug-likeness (QED) is 0.629. The lowest BCUT2D eigenvalue weighted by atomic mass is 9.76. The van der Waals surface area contributed by atoms with Gasteiger partial charge in [-0.2, -0.15) is 0 Å². The predicted molar refractivity (Wildman–Crippen MR) is 77.0 cm³/mol. The van der Waals surface area contributed by atoms with Gasteiger partial charge in [0.05, 0.1) is 11.2 Å². The van der Waals surface area contributed by atoms with Gasteiger partial charge in [0.2, 0.25) is 0 Å². The van der Waals surface area contributed by atoms with Gasteiger partial charge in [-0.25, -0.2) is 0 Å². The van der Waals surface area contributed by atoms with E-state index in [9.17, 15) is 4.79 Å². The standard InChI is InChI=1S/C15H21BO4/c1-11(17)18-13(12-9-7-6-8-10-12)16-19-14(2,3)15(4,5)20-16/h6-10,13H,1-5H3. The number of benzene rings is 1. The third-order valence-electron chi connectivity index (χ3n) is 3.94. The highest BCUT2D eigenvalue weighted by Crippen LogP contribution is 2.41. The van der Waals surface area contributed by atoms with Crippen LogP contribution in [0.25, 0.3) is 0 Å². The minimum atomic E-state index is -0.605. The van der Waals surface area contributed by atoms with Crippen LogP contribution >= 0.6 is 0 Å². The van der Waals surface area contributed by atoms with Gasteiger partial charge in [0, 0.05) is 6.92 Å². The maximum atomic E-state index is 11.4. The molecule has 2 rings (SSSR count). The first-order valence-corrected chi connectivity index (χ1v) is 6.81. The number of carbonyl (C=O) groups is 1. The molecule has 108 valence electrons. The van der Waals surface area contributed by atoms with E-state index in [0.717, 1.165) is 5.56 Å². The Bertz CT molecular complexity index is 468. The summed E-state index contributed by atoms with van der Waals surface area (Å²) in [6.07, 6.45) is 0. The zero-order chi connectivity index (χ0) is 15.0. The van der Waals surface area contributed by atoms with E-state index in [2.05, 4.69) is 0 Å². The molecule has 0 N–H and O–H groups in total. The summed E-state index contributed by atoms with van der Waals surface area (Å²) >= 11 is 0. The minimum Gasteiger partial charge on any atom is -0.460 e. The van der Waals surface area contributed by atoms with Crippen molar-refractivity contribution >= 4 is 13.1 Å². The van der Waals surface area contributed by atoms with E-state index in [0.29, 0.717) is 0 Å². The van der Waals surface area contributed by atoms with Crippen molar-refractivity contribution in [1.82, 2.24) is 0 Å². The average molecular weight is 276 g/mol. The van der Waals surface area contributed by atoms with E-state index < -0.39 is 24.3 Å². The van der Waals surface area contributed by atoms with Crippen molar-refractivity contribution < 1.29 is 18.8 Å². The van der Waals surface area contributed by atoms with Gasteiger partial charge in [-0.15, -0.1) is 0 Å². The summed E-state index contributed by atoms with van der Waals surface area (Å²) in [4.78, 5) is 11.4. The van der Waals surface area contributed by atoms with Crippen LogP contribution in [-0.2, 0) is 18.8 Å². The van der Waals surface area contributed by atoms with E-state index in [1.54, 1.807) is 0 Å². The SMILES string of the molecule is CC(=O)OC(B1OC(C)(C)C(C)(C)O1)c1ccccc1. The lowest BCUT2D eigenvalue weighted by Gasteiger charge is -2.32. The van der Waals surface area contributed by atoms with Crippen LogP contribution in [0.2, 0.25) is 0 Å². The van der Waals surface area contributed by atoms with Gasteiger partial charge < -0.3 is 14.0 Å². The molecule has 0 aromatic heterocycles. The molecule has 0 aliphatic carbocycles. The fourth-order valence-corrected chi connectivity index (χ4v) is 2.11. The molecule has 20 heavy (non-hydrogen) atoms. The largest absolute Gasteiger partial charge is 0.506 e. The van der Waals surface area contributed by atoms with Crippen LogP contribution in [0.15, 0.2) is 30.3 Å². The van der Waals surface area contributed by atoms with Crippen molar-refractivity contribution in [3.05, 3.63) is 35.9 Å². The number of hydrogen-bond donors (Lipinski definition) is 0. The zero-order valence-electron chi connectivity index (χ0n) is 12.7. The lowest BCUT2D eigenvalue weighted by Crippen LogP contribution is -2.41. The average Bonchev–Trinajstić information content (AvgIpc) is 2.56. The Morgan fingerprint density at radius 2 is 1.60 bits per heavy atom. The van der Waals surface area contributed by atoms with E-state index in [1.807, 2.05) is 58.0 Å². The highest BCUT2D eigenvalue weighted by atomic mass is 16.7. The Morgan fingerprint density at radius 1 is 1.10 bits per heavy atom. The predicted octanol–water partition coefficient (Wildman–Crippen LogP) is 2.92. The second-order valence-corrected chi connectivity index (χ2v) is 6.07. The third kappa shape index (κ3) is 2.89. The molecule has 0 radical (unpaired) electrons. The van der Waals surface area contributed by atoms with E-state index in [-0.39, 0.29) is 5.97 Å². The van der Waals surface area contributed by atoms with Crippen molar-refractivity contribution in [2.75, 3.05) is 0 Å². The maximum Gasteiger partial charge on any atom is 0.506 e. The summed E-state index contributed by atoms with van der Waals surface area (Å²) in [6, 6.07) is 8.96. The van der Waals surface area contributed by atoms with E-state index >= 15 is 0 Å². The molecule has 1 saturated heterocycles. The summed E-state index contributed by atoms with van der Waals surface area (Å²) in [7, 11) is -0.605. The highest BCUT2D eigenvalue weighted by molar-refractivity contribution is 6.47. The summed E-state index contributed by atoms with van der Waals surface area (Å²) < 4.78 is 17.4. The first-order chi connectivity index (χ1) is 9.23. The minimum absolute atomic E-state index is 0.353. The molecular weight excluding hydrogens is 255 g/mol. The number of ether oxygens (including phenoxy) is 1. The van der Waals surface area contributed by atoms with E-state index in [1.165, 1.54) is 6.92 Å². The monoisotopic (exact) mass is 276 g/mol. The van der Waals surface area contributed by atoms with Gasteiger partial charge in [-0.3, -0.25) is 4.79 Å². The molecular formula is C15H21BO4. The molecule has 1 unspecified atom stereocenters. The molecule has 0 spiro atoms. The highest BCUT2D eigenvalue weighted by Gasteiger charge is 2.55. The smallest absolute Gasteiger partial charge is 0.460 e. The summed E-state index contributed by atoms with van der Waals surface area (Å²) in [6.45, 7) is 9.29. The normalized spacial score (nSPS) is 21.6. The Labute approximate surface area is 120 Å². The summed E-state index contributed by atoms with van der Waals surface area (Å²) in [5.74, 6) is -0.353. The lowest BCUT2D eigenvalue weighted by molar-refractivity contribution is -0.144. The molecule has 0 bridgehead atoms. The van der Waals surface area contributed by atoms with Crippen molar-refractivity contribution in [2.45, 2.75) is 51.8 Å². The molecule has 1 atom stereocenters. The summed E-state index contributed by atoms with van der Waals surface area (Å²) in [5.41, 5.74) is -0.0448. The fourth-order valence-electron chi connectivity index (χ4n) is 2.11. The Balaban J connectivity index is 2.28. The topological polar surface area (TPSA) is 44.8 Å².